The highest BCUT2D eigenvalue weighted by Gasteiger charge is 2.15. The smallest absolute Gasteiger partial charge is 0.237 e. The molecule has 0 unspecified atom stereocenters. The molecule has 0 aliphatic rings. The van der Waals surface area contributed by atoms with Crippen molar-refractivity contribution in [3.05, 3.63) is 35.9 Å². The van der Waals surface area contributed by atoms with Gasteiger partial charge in [0.1, 0.15) is 0 Å². The summed E-state index contributed by atoms with van der Waals surface area (Å²) >= 11 is 0. The Kier molecular flexibility index (Phi) is 4.95. The number of rotatable bonds is 5. The molecule has 0 heterocycles. The summed E-state index contributed by atoms with van der Waals surface area (Å²) in [4.78, 5) is 11.6. The van der Waals surface area contributed by atoms with Crippen LogP contribution >= 0.6 is 0 Å². The fourth-order valence-corrected chi connectivity index (χ4v) is 1.36. The molecule has 0 aliphatic carbocycles. The Hall–Kier alpha value is -1.39. The van der Waals surface area contributed by atoms with Crippen LogP contribution in [0.2, 0.25) is 0 Å². The van der Waals surface area contributed by atoms with Crippen molar-refractivity contribution in [2.75, 3.05) is 6.61 Å². The van der Waals surface area contributed by atoms with Gasteiger partial charge in [-0.15, -0.1) is 0 Å². The maximum Gasteiger partial charge on any atom is 0.237 e. The Morgan fingerprint density at radius 3 is 2.62 bits per heavy atom. The zero-order valence-corrected chi connectivity index (χ0v) is 9.39. The number of nitrogens with two attached hydrogens (primary N) is 1. The van der Waals surface area contributed by atoms with Crippen LogP contribution in [0.1, 0.15) is 12.5 Å². The first-order chi connectivity index (χ1) is 7.63. The minimum atomic E-state index is -0.573. The fraction of sp³-hybridized carbons (Fsp3) is 0.417. The first kappa shape index (κ1) is 12.7. The summed E-state index contributed by atoms with van der Waals surface area (Å²) in [5, 5.41) is 11.4. The number of hydrogen-bond acceptors (Lipinski definition) is 3. The lowest BCUT2D eigenvalue weighted by atomic mass is 10.1. The fourth-order valence-electron chi connectivity index (χ4n) is 1.36. The first-order valence-corrected chi connectivity index (χ1v) is 5.34. The van der Waals surface area contributed by atoms with E-state index in [-0.39, 0.29) is 18.6 Å². The van der Waals surface area contributed by atoms with E-state index in [2.05, 4.69) is 5.32 Å². The molecule has 1 amide bonds. The van der Waals surface area contributed by atoms with Gasteiger partial charge in [0.2, 0.25) is 5.91 Å². The summed E-state index contributed by atoms with van der Waals surface area (Å²) in [6.07, 6.45) is 0.505. The summed E-state index contributed by atoms with van der Waals surface area (Å²) < 4.78 is 0. The molecule has 4 heteroatoms. The van der Waals surface area contributed by atoms with Gasteiger partial charge >= 0.3 is 0 Å². The van der Waals surface area contributed by atoms with Crippen molar-refractivity contribution in [3.8, 4) is 0 Å². The summed E-state index contributed by atoms with van der Waals surface area (Å²) in [5.41, 5.74) is 6.79. The molecule has 4 N–H and O–H groups in total. The number of carbonyl (C=O) groups is 1. The lowest BCUT2D eigenvalue weighted by Crippen LogP contribution is -2.46. The molecule has 2 atom stereocenters. The van der Waals surface area contributed by atoms with Gasteiger partial charge in [-0.25, -0.2) is 0 Å². The first-order valence-electron chi connectivity index (χ1n) is 5.34. The highest BCUT2D eigenvalue weighted by atomic mass is 16.3. The molecule has 0 bridgehead atoms. The molecule has 0 radical (unpaired) electrons. The third kappa shape index (κ3) is 4.00. The third-order valence-corrected chi connectivity index (χ3v) is 2.30. The van der Waals surface area contributed by atoms with Gasteiger partial charge in [-0.1, -0.05) is 30.3 Å². The monoisotopic (exact) mass is 222 g/mol. The van der Waals surface area contributed by atoms with Gasteiger partial charge in [0.15, 0.2) is 0 Å². The number of amides is 1. The molecule has 0 saturated carbocycles. The molecule has 88 valence electrons. The molecule has 1 aromatic rings. The van der Waals surface area contributed by atoms with Crippen LogP contribution in [0.15, 0.2) is 30.3 Å². The average molecular weight is 222 g/mol. The number of nitrogens with one attached hydrogen (secondary N) is 1. The highest BCUT2D eigenvalue weighted by Crippen LogP contribution is 2.01. The van der Waals surface area contributed by atoms with Gasteiger partial charge in [-0.3, -0.25) is 4.79 Å². The molecular formula is C12H18N2O2. The average Bonchev–Trinajstić information content (AvgIpc) is 2.30. The predicted molar refractivity (Wildman–Crippen MR) is 62.8 cm³/mol. The molecule has 1 rings (SSSR count). The Morgan fingerprint density at radius 1 is 1.44 bits per heavy atom. The van der Waals surface area contributed by atoms with Gasteiger partial charge in [0, 0.05) is 6.04 Å². The molecule has 0 aliphatic heterocycles. The van der Waals surface area contributed by atoms with E-state index in [0.717, 1.165) is 5.56 Å². The summed E-state index contributed by atoms with van der Waals surface area (Å²) in [6.45, 7) is 1.65. The summed E-state index contributed by atoms with van der Waals surface area (Å²) in [5.74, 6) is -0.231. The van der Waals surface area contributed by atoms with E-state index in [1.807, 2.05) is 30.3 Å². The quantitative estimate of drug-likeness (QED) is 0.659. The maximum atomic E-state index is 11.6. The van der Waals surface area contributed by atoms with E-state index >= 15 is 0 Å². The zero-order valence-electron chi connectivity index (χ0n) is 9.39. The normalized spacial score (nSPS) is 14.2. The van der Waals surface area contributed by atoms with E-state index < -0.39 is 6.04 Å². The van der Waals surface area contributed by atoms with E-state index in [0.29, 0.717) is 6.42 Å². The van der Waals surface area contributed by atoms with Crippen LogP contribution in [-0.4, -0.2) is 29.7 Å². The Labute approximate surface area is 95.5 Å². The van der Waals surface area contributed by atoms with Crippen molar-refractivity contribution in [2.24, 2.45) is 5.73 Å². The van der Waals surface area contributed by atoms with Crippen LogP contribution in [0.5, 0.6) is 0 Å². The summed E-state index contributed by atoms with van der Waals surface area (Å²) in [7, 11) is 0. The second-order valence-electron chi connectivity index (χ2n) is 3.89. The van der Waals surface area contributed by atoms with Gasteiger partial charge in [-0.05, 0) is 18.9 Å². The van der Waals surface area contributed by atoms with Crippen molar-refractivity contribution in [1.82, 2.24) is 5.32 Å². The SMILES string of the molecule is C[C@@H](CO)NC(=O)[C@@H](N)Cc1ccccc1. The van der Waals surface area contributed by atoms with Crippen molar-refractivity contribution in [2.45, 2.75) is 25.4 Å². The van der Waals surface area contributed by atoms with Gasteiger partial charge in [-0.2, -0.15) is 0 Å². The van der Waals surface area contributed by atoms with Crippen LogP contribution in [0.25, 0.3) is 0 Å². The van der Waals surface area contributed by atoms with E-state index in [1.165, 1.54) is 0 Å². The van der Waals surface area contributed by atoms with Crippen LogP contribution in [-0.2, 0) is 11.2 Å². The lowest BCUT2D eigenvalue weighted by molar-refractivity contribution is -0.123. The maximum absolute atomic E-state index is 11.6. The number of benzene rings is 1. The minimum Gasteiger partial charge on any atom is -0.394 e. The standard InChI is InChI=1S/C12H18N2O2/c1-9(8-15)14-12(16)11(13)7-10-5-3-2-4-6-10/h2-6,9,11,15H,7-8,13H2,1H3,(H,14,16)/t9-,11-/m0/s1. The van der Waals surface area contributed by atoms with Crippen molar-refractivity contribution in [1.29, 1.82) is 0 Å². The zero-order chi connectivity index (χ0) is 12.0. The number of aliphatic hydroxyl groups is 1. The molecule has 4 nitrogen and oxygen atoms in total. The van der Waals surface area contributed by atoms with Crippen molar-refractivity contribution >= 4 is 5.91 Å². The molecule has 0 spiro atoms. The number of carbonyl (C=O) groups excluding carboxylic acids is 1. The second kappa shape index (κ2) is 6.25. The molecule has 0 saturated heterocycles. The predicted octanol–water partition coefficient (Wildman–Crippen LogP) is 0.0534. The largest absolute Gasteiger partial charge is 0.394 e. The lowest BCUT2D eigenvalue weighted by Gasteiger charge is -2.15. The van der Waals surface area contributed by atoms with Crippen LogP contribution < -0.4 is 11.1 Å². The second-order valence-corrected chi connectivity index (χ2v) is 3.89. The van der Waals surface area contributed by atoms with Crippen molar-refractivity contribution in [3.63, 3.8) is 0 Å². The van der Waals surface area contributed by atoms with Crippen molar-refractivity contribution < 1.29 is 9.90 Å². The third-order valence-electron chi connectivity index (χ3n) is 2.30. The number of aliphatic hydroxyl groups excluding tert-OH is 1. The van der Waals surface area contributed by atoms with E-state index in [9.17, 15) is 4.79 Å². The molecule has 1 aromatic carbocycles. The number of hydrogen-bond donors (Lipinski definition) is 3. The summed E-state index contributed by atoms with van der Waals surface area (Å²) in [6, 6.07) is 8.78. The van der Waals surface area contributed by atoms with Gasteiger partial charge in [0.05, 0.1) is 12.6 Å². The minimum absolute atomic E-state index is 0.0796. The van der Waals surface area contributed by atoms with Crippen LogP contribution in [0, 0.1) is 0 Å². The molecule has 0 fully saturated rings. The van der Waals surface area contributed by atoms with E-state index in [4.69, 9.17) is 10.8 Å². The van der Waals surface area contributed by atoms with Crippen LogP contribution in [0.3, 0.4) is 0 Å². The van der Waals surface area contributed by atoms with Gasteiger partial charge < -0.3 is 16.2 Å². The van der Waals surface area contributed by atoms with Gasteiger partial charge in [0.25, 0.3) is 0 Å². The van der Waals surface area contributed by atoms with E-state index in [1.54, 1.807) is 6.92 Å². The highest BCUT2D eigenvalue weighted by molar-refractivity contribution is 5.82. The van der Waals surface area contributed by atoms with Crippen LogP contribution in [0.4, 0.5) is 0 Å². The Balaban J connectivity index is 2.46. The molecule has 16 heavy (non-hydrogen) atoms. The molecular weight excluding hydrogens is 204 g/mol. The Morgan fingerprint density at radius 2 is 2.06 bits per heavy atom. The molecule has 0 aromatic heterocycles. The topological polar surface area (TPSA) is 75.3 Å². The Bertz CT molecular complexity index is 327.